The van der Waals surface area contributed by atoms with E-state index in [1.54, 1.807) is 0 Å². The highest BCUT2D eigenvalue weighted by Gasteiger charge is 2.16. The minimum atomic E-state index is 0.540. The van der Waals surface area contributed by atoms with Gasteiger partial charge in [-0.05, 0) is 31.2 Å². The predicted octanol–water partition coefficient (Wildman–Crippen LogP) is 5.28. The van der Waals surface area contributed by atoms with Crippen LogP contribution in [0.1, 0.15) is 91.4 Å². The van der Waals surface area contributed by atoms with Crippen molar-refractivity contribution in [3.05, 3.63) is 0 Å². The Bertz CT molecular complexity index is 152. The lowest BCUT2D eigenvalue weighted by atomic mass is 9.82. The second-order valence-electron chi connectivity index (χ2n) is 6.28. The van der Waals surface area contributed by atoms with E-state index in [0.717, 1.165) is 6.54 Å². The van der Waals surface area contributed by atoms with Crippen LogP contribution in [0.15, 0.2) is 0 Å². The SMILES string of the molecule is CCCCCCCCCC(C)(C)CCCCN. The maximum absolute atomic E-state index is 5.54. The number of nitrogens with two attached hydrogens (primary N) is 1. The first kappa shape index (κ1) is 17.0. The van der Waals surface area contributed by atoms with E-state index in [1.165, 1.54) is 70.6 Å². The highest BCUT2D eigenvalue weighted by Crippen LogP contribution is 2.29. The molecule has 17 heavy (non-hydrogen) atoms. The molecular formula is C16H35N. The maximum Gasteiger partial charge on any atom is -0.00773 e. The lowest BCUT2D eigenvalue weighted by molar-refractivity contribution is 0.284. The summed E-state index contributed by atoms with van der Waals surface area (Å²) in [7, 11) is 0. The molecule has 0 heterocycles. The molecule has 0 aliphatic rings. The fourth-order valence-corrected chi connectivity index (χ4v) is 2.43. The summed E-state index contributed by atoms with van der Waals surface area (Å²) in [6, 6.07) is 0. The predicted molar refractivity (Wildman–Crippen MR) is 79.3 cm³/mol. The molecular weight excluding hydrogens is 206 g/mol. The highest BCUT2D eigenvalue weighted by molar-refractivity contribution is 4.68. The van der Waals surface area contributed by atoms with Gasteiger partial charge in [-0.2, -0.15) is 0 Å². The van der Waals surface area contributed by atoms with Gasteiger partial charge in [0.05, 0.1) is 0 Å². The van der Waals surface area contributed by atoms with E-state index in [9.17, 15) is 0 Å². The quantitative estimate of drug-likeness (QED) is 0.462. The Kier molecular flexibility index (Phi) is 11.0. The van der Waals surface area contributed by atoms with E-state index in [2.05, 4.69) is 20.8 Å². The number of unbranched alkanes of at least 4 members (excludes halogenated alkanes) is 7. The van der Waals surface area contributed by atoms with E-state index >= 15 is 0 Å². The van der Waals surface area contributed by atoms with Crippen molar-refractivity contribution >= 4 is 0 Å². The number of rotatable bonds is 12. The molecule has 0 amide bonds. The summed E-state index contributed by atoms with van der Waals surface area (Å²) in [5, 5.41) is 0. The zero-order chi connectivity index (χ0) is 13.0. The van der Waals surface area contributed by atoms with Gasteiger partial charge in [0.1, 0.15) is 0 Å². The molecule has 0 rings (SSSR count). The second-order valence-corrected chi connectivity index (χ2v) is 6.28. The molecule has 0 unspecified atom stereocenters. The first-order valence-electron chi connectivity index (χ1n) is 7.82. The van der Waals surface area contributed by atoms with Crippen molar-refractivity contribution in [1.82, 2.24) is 0 Å². The molecule has 0 aliphatic heterocycles. The molecule has 104 valence electrons. The van der Waals surface area contributed by atoms with Gasteiger partial charge in [0.25, 0.3) is 0 Å². The Morgan fingerprint density at radius 3 is 1.71 bits per heavy atom. The second kappa shape index (κ2) is 11.1. The van der Waals surface area contributed by atoms with Crippen LogP contribution < -0.4 is 5.73 Å². The summed E-state index contributed by atoms with van der Waals surface area (Å²) in [6.07, 6.45) is 15.2. The third-order valence-corrected chi connectivity index (χ3v) is 3.76. The van der Waals surface area contributed by atoms with E-state index < -0.39 is 0 Å². The van der Waals surface area contributed by atoms with Crippen LogP contribution in [0.25, 0.3) is 0 Å². The van der Waals surface area contributed by atoms with Crippen LogP contribution in [-0.2, 0) is 0 Å². The summed E-state index contributed by atoms with van der Waals surface area (Å²) >= 11 is 0. The lowest BCUT2D eigenvalue weighted by Gasteiger charge is -2.24. The van der Waals surface area contributed by atoms with Gasteiger partial charge in [0.2, 0.25) is 0 Å². The first-order valence-corrected chi connectivity index (χ1v) is 7.82. The minimum absolute atomic E-state index is 0.540. The molecule has 0 aromatic heterocycles. The lowest BCUT2D eigenvalue weighted by Crippen LogP contribution is -2.12. The van der Waals surface area contributed by atoms with Crippen molar-refractivity contribution in [2.24, 2.45) is 11.1 Å². The Labute approximate surface area is 110 Å². The summed E-state index contributed by atoms with van der Waals surface area (Å²) in [5.74, 6) is 0. The Balaban J connectivity index is 3.32. The van der Waals surface area contributed by atoms with Crippen LogP contribution in [0.2, 0.25) is 0 Å². The molecule has 1 heteroatoms. The van der Waals surface area contributed by atoms with Crippen LogP contribution in [0.3, 0.4) is 0 Å². The molecule has 0 fully saturated rings. The molecule has 0 aliphatic carbocycles. The van der Waals surface area contributed by atoms with Crippen molar-refractivity contribution in [2.75, 3.05) is 6.54 Å². The molecule has 0 aromatic rings. The Hall–Kier alpha value is -0.0400. The topological polar surface area (TPSA) is 26.0 Å². The zero-order valence-corrected chi connectivity index (χ0v) is 12.6. The van der Waals surface area contributed by atoms with Crippen molar-refractivity contribution in [3.8, 4) is 0 Å². The van der Waals surface area contributed by atoms with E-state index in [0.29, 0.717) is 5.41 Å². The van der Waals surface area contributed by atoms with Gasteiger partial charge in [0.15, 0.2) is 0 Å². The Morgan fingerprint density at radius 2 is 1.18 bits per heavy atom. The van der Waals surface area contributed by atoms with Crippen LogP contribution in [0.4, 0.5) is 0 Å². The van der Waals surface area contributed by atoms with Crippen molar-refractivity contribution in [2.45, 2.75) is 91.4 Å². The van der Waals surface area contributed by atoms with E-state index in [-0.39, 0.29) is 0 Å². The summed E-state index contributed by atoms with van der Waals surface area (Å²) in [4.78, 5) is 0. The smallest absolute Gasteiger partial charge is 0.00773 e. The molecule has 0 radical (unpaired) electrons. The normalized spacial score (nSPS) is 12.0. The molecule has 0 atom stereocenters. The fourth-order valence-electron chi connectivity index (χ4n) is 2.43. The van der Waals surface area contributed by atoms with E-state index in [1.807, 2.05) is 0 Å². The van der Waals surface area contributed by atoms with Crippen LogP contribution in [-0.4, -0.2) is 6.54 Å². The van der Waals surface area contributed by atoms with Gasteiger partial charge in [-0.15, -0.1) is 0 Å². The van der Waals surface area contributed by atoms with Gasteiger partial charge in [0, 0.05) is 0 Å². The van der Waals surface area contributed by atoms with Crippen molar-refractivity contribution in [1.29, 1.82) is 0 Å². The Morgan fingerprint density at radius 1 is 0.706 bits per heavy atom. The van der Waals surface area contributed by atoms with Gasteiger partial charge in [-0.3, -0.25) is 0 Å². The van der Waals surface area contributed by atoms with Gasteiger partial charge >= 0.3 is 0 Å². The molecule has 0 saturated heterocycles. The van der Waals surface area contributed by atoms with Crippen LogP contribution in [0, 0.1) is 5.41 Å². The molecule has 0 aromatic carbocycles. The maximum atomic E-state index is 5.54. The monoisotopic (exact) mass is 241 g/mol. The molecule has 2 N–H and O–H groups in total. The first-order chi connectivity index (χ1) is 8.12. The van der Waals surface area contributed by atoms with Gasteiger partial charge in [-0.1, -0.05) is 72.1 Å². The third kappa shape index (κ3) is 12.2. The molecule has 1 nitrogen and oxygen atoms in total. The fraction of sp³-hybridized carbons (Fsp3) is 1.00. The van der Waals surface area contributed by atoms with Crippen molar-refractivity contribution < 1.29 is 0 Å². The van der Waals surface area contributed by atoms with E-state index in [4.69, 9.17) is 5.73 Å². The average molecular weight is 241 g/mol. The molecule has 0 bridgehead atoms. The van der Waals surface area contributed by atoms with Gasteiger partial charge in [-0.25, -0.2) is 0 Å². The minimum Gasteiger partial charge on any atom is -0.330 e. The largest absolute Gasteiger partial charge is 0.330 e. The third-order valence-electron chi connectivity index (χ3n) is 3.76. The van der Waals surface area contributed by atoms with Crippen molar-refractivity contribution in [3.63, 3.8) is 0 Å². The summed E-state index contributed by atoms with van der Waals surface area (Å²) in [5.41, 5.74) is 6.08. The highest BCUT2D eigenvalue weighted by atomic mass is 14.5. The summed E-state index contributed by atoms with van der Waals surface area (Å²) in [6.45, 7) is 7.97. The summed E-state index contributed by atoms with van der Waals surface area (Å²) < 4.78 is 0. The molecule has 0 saturated carbocycles. The standard InChI is InChI=1S/C16H35N/c1-4-5-6-7-8-9-10-13-16(2,3)14-11-12-15-17/h4-15,17H2,1-3H3. The average Bonchev–Trinajstić information content (AvgIpc) is 2.28. The number of hydrogen-bond donors (Lipinski definition) is 1. The number of hydrogen-bond acceptors (Lipinski definition) is 1. The van der Waals surface area contributed by atoms with Gasteiger partial charge < -0.3 is 5.73 Å². The van der Waals surface area contributed by atoms with Crippen LogP contribution >= 0.6 is 0 Å². The zero-order valence-electron chi connectivity index (χ0n) is 12.6. The molecule has 0 spiro atoms. The van der Waals surface area contributed by atoms with Crippen LogP contribution in [0.5, 0.6) is 0 Å².